The van der Waals surface area contributed by atoms with Crippen LogP contribution in [0.3, 0.4) is 0 Å². The Hall–Kier alpha value is -2.03. The number of hydrogen-bond donors (Lipinski definition) is 1. The van der Waals surface area contributed by atoms with Gasteiger partial charge in [-0.3, -0.25) is 0 Å². The van der Waals surface area contributed by atoms with Gasteiger partial charge in [0.1, 0.15) is 5.82 Å². The predicted molar refractivity (Wildman–Crippen MR) is 109 cm³/mol. The summed E-state index contributed by atoms with van der Waals surface area (Å²) in [5, 5.41) is 3.32. The first kappa shape index (κ1) is 17.8. The summed E-state index contributed by atoms with van der Waals surface area (Å²) >= 11 is 0. The summed E-state index contributed by atoms with van der Waals surface area (Å²) in [5.41, 5.74) is 7.65. The fourth-order valence-electron chi connectivity index (χ4n) is 3.83. The van der Waals surface area contributed by atoms with Crippen molar-refractivity contribution in [3.05, 3.63) is 41.1 Å². The second-order valence-electron chi connectivity index (χ2n) is 7.24. The lowest BCUT2D eigenvalue weighted by Gasteiger charge is -2.28. The normalized spacial score (nSPS) is 14.6. The van der Waals surface area contributed by atoms with E-state index in [2.05, 4.69) is 55.3 Å². The fourth-order valence-corrected chi connectivity index (χ4v) is 3.83. The zero-order valence-corrected chi connectivity index (χ0v) is 16.2. The zero-order chi connectivity index (χ0) is 17.8. The Kier molecular flexibility index (Phi) is 5.62. The molecular weight excluding hydrogens is 306 g/mol. The Morgan fingerprint density at radius 2 is 1.76 bits per heavy atom. The Balaban J connectivity index is 2.07. The number of piperidine rings is 1. The molecule has 1 aliphatic rings. The van der Waals surface area contributed by atoms with Gasteiger partial charge in [0.05, 0.1) is 0 Å². The molecule has 3 nitrogen and oxygen atoms in total. The highest BCUT2D eigenvalue weighted by molar-refractivity contribution is 5.75. The lowest BCUT2D eigenvalue weighted by Crippen LogP contribution is -2.30. The number of nitrogens with zero attached hydrogens (tertiary/aromatic N) is 2. The maximum Gasteiger partial charge on any atom is 0.129 e. The van der Waals surface area contributed by atoms with E-state index in [9.17, 15) is 0 Å². The largest absolute Gasteiger partial charge is 0.388 e. The number of anilines is 2. The van der Waals surface area contributed by atoms with Crippen LogP contribution in [0.15, 0.2) is 24.3 Å². The van der Waals surface area contributed by atoms with Crippen LogP contribution in [0, 0.1) is 13.8 Å². The van der Waals surface area contributed by atoms with Gasteiger partial charge < -0.3 is 10.2 Å². The van der Waals surface area contributed by atoms with E-state index in [-0.39, 0.29) is 0 Å². The molecule has 0 saturated carbocycles. The fraction of sp³-hybridized carbons (Fsp3) is 0.500. The van der Waals surface area contributed by atoms with Crippen LogP contribution in [-0.4, -0.2) is 25.1 Å². The monoisotopic (exact) mass is 337 g/mol. The number of nitrogens with one attached hydrogen (secondary N) is 1. The highest BCUT2D eigenvalue weighted by Crippen LogP contribution is 2.32. The minimum atomic E-state index is 1.04. The lowest BCUT2D eigenvalue weighted by molar-refractivity contribution is 0.572. The number of benzene rings is 1. The van der Waals surface area contributed by atoms with Crippen molar-refractivity contribution in [3.8, 4) is 11.1 Å². The Morgan fingerprint density at radius 3 is 2.44 bits per heavy atom. The van der Waals surface area contributed by atoms with E-state index in [4.69, 9.17) is 4.98 Å². The third-order valence-corrected chi connectivity index (χ3v) is 5.20. The first-order chi connectivity index (χ1) is 12.1. The first-order valence-corrected chi connectivity index (χ1v) is 9.67. The Morgan fingerprint density at radius 1 is 1.00 bits per heavy atom. The van der Waals surface area contributed by atoms with Crippen molar-refractivity contribution < 1.29 is 0 Å². The van der Waals surface area contributed by atoms with Crippen molar-refractivity contribution in [2.75, 3.05) is 30.4 Å². The molecule has 0 amide bonds. The molecule has 0 spiro atoms. The van der Waals surface area contributed by atoms with E-state index < -0.39 is 0 Å². The topological polar surface area (TPSA) is 28.2 Å². The van der Waals surface area contributed by atoms with Crippen molar-refractivity contribution in [2.45, 2.75) is 52.9 Å². The molecule has 1 saturated heterocycles. The second kappa shape index (κ2) is 7.90. The van der Waals surface area contributed by atoms with Crippen molar-refractivity contribution in [1.82, 2.24) is 4.98 Å². The first-order valence-electron chi connectivity index (χ1n) is 9.67. The molecule has 0 radical (unpaired) electrons. The maximum atomic E-state index is 4.97. The molecule has 1 fully saturated rings. The van der Waals surface area contributed by atoms with Gasteiger partial charge in [-0.05, 0) is 80.0 Å². The minimum absolute atomic E-state index is 1.04. The van der Waals surface area contributed by atoms with Gasteiger partial charge in [-0.15, -0.1) is 0 Å². The molecular formula is C22H31N3. The average Bonchev–Trinajstić information content (AvgIpc) is 2.62. The average molecular weight is 338 g/mol. The van der Waals surface area contributed by atoms with Crippen molar-refractivity contribution in [3.63, 3.8) is 0 Å². The number of aryl methyl sites for hydroxylation is 3. The van der Waals surface area contributed by atoms with Gasteiger partial charge in [0.2, 0.25) is 0 Å². The van der Waals surface area contributed by atoms with E-state index in [1.807, 2.05) is 7.05 Å². The highest BCUT2D eigenvalue weighted by atomic mass is 15.2. The third kappa shape index (κ3) is 3.97. The quantitative estimate of drug-likeness (QED) is 0.797. The van der Waals surface area contributed by atoms with Crippen LogP contribution in [0.4, 0.5) is 11.5 Å². The molecule has 1 N–H and O–H groups in total. The molecule has 1 aromatic heterocycles. The van der Waals surface area contributed by atoms with Crippen LogP contribution in [0.2, 0.25) is 0 Å². The predicted octanol–water partition coefficient (Wildman–Crippen LogP) is 5.35. The Bertz CT molecular complexity index is 730. The van der Waals surface area contributed by atoms with E-state index in [1.165, 1.54) is 52.9 Å². The molecule has 3 heteroatoms. The summed E-state index contributed by atoms with van der Waals surface area (Å²) in [5.74, 6) is 1.16. The minimum Gasteiger partial charge on any atom is -0.388 e. The second-order valence-corrected chi connectivity index (χ2v) is 7.24. The van der Waals surface area contributed by atoms with Crippen LogP contribution >= 0.6 is 0 Å². The van der Waals surface area contributed by atoms with Crippen LogP contribution in [0.25, 0.3) is 11.1 Å². The van der Waals surface area contributed by atoms with Gasteiger partial charge in [-0.1, -0.05) is 19.4 Å². The van der Waals surface area contributed by atoms with Crippen LogP contribution < -0.4 is 10.2 Å². The van der Waals surface area contributed by atoms with Gasteiger partial charge in [0, 0.05) is 31.5 Å². The van der Waals surface area contributed by atoms with Gasteiger partial charge in [-0.2, -0.15) is 0 Å². The number of aromatic nitrogens is 1. The molecule has 1 aromatic carbocycles. The molecule has 0 aliphatic carbocycles. The summed E-state index contributed by atoms with van der Waals surface area (Å²) in [4.78, 5) is 7.44. The molecule has 0 unspecified atom stereocenters. The summed E-state index contributed by atoms with van der Waals surface area (Å²) < 4.78 is 0. The SMILES string of the molecule is CCCc1cc(-c2cc(NC)c(C)cc2C)cc(N2CCCCC2)n1. The summed E-state index contributed by atoms with van der Waals surface area (Å²) in [6, 6.07) is 9.15. The molecule has 0 bridgehead atoms. The van der Waals surface area contributed by atoms with Crippen LogP contribution in [-0.2, 0) is 6.42 Å². The smallest absolute Gasteiger partial charge is 0.129 e. The molecule has 3 rings (SSSR count). The molecule has 134 valence electrons. The lowest BCUT2D eigenvalue weighted by atomic mass is 9.96. The van der Waals surface area contributed by atoms with Gasteiger partial charge in [0.15, 0.2) is 0 Å². The number of rotatable bonds is 5. The summed E-state index contributed by atoms with van der Waals surface area (Å²) in [6.07, 6.45) is 6.08. The summed E-state index contributed by atoms with van der Waals surface area (Å²) in [7, 11) is 2.00. The molecule has 25 heavy (non-hydrogen) atoms. The summed E-state index contributed by atoms with van der Waals surface area (Å²) in [6.45, 7) is 8.87. The van der Waals surface area contributed by atoms with Gasteiger partial charge in [-0.25, -0.2) is 4.98 Å². The standard InChI is InChI=1S/C22H31N3/c1-5-9-19-13-18(14-22(24-19)25-10-7-6-8-11-25)20-15-21(23-4)17(3)12-16(20)2/h12-15,23H,5-11H2,1-4H3. The molecule has 0 atom stereocenters. The maximum absolute atomic E-state index is 4.97. The van der Waals surface area contributed by atoms with Crippen molar-refractivity contribution in [2.24, 2.45) is 0 Å². The number of hydrogen-bond acceptors (Lipinski definition) is 3. The van der Waals surface area contributed by atoms with E-state index in [0.717, 1.165) is 31.7 Å². The van der Waals surface area contributed by atoms with E-state index in [1.54, 1.807) is 0 Å². The highest BCUT2D eigenvalue weighted by Gasteiger charge is 2.15. The third-order valence-electron chi connectivity index (χ3n) is 5.20. The van der Waals surface area contributed by atoms with E-state index >= 15 is 0 Å². The van der Waals surface area contributed by atoms with Crippen molar-refractivity contribution >= 4 is 11.5 Å². The van der Waals surface area contributed by atoms with E-state index in [0.29, 0.717) is 0 Å². The van der Waals surface area contributed by atoms with Gasteiger partial charge >= 0.3 is 0 Å². The van der Waals surface area contributed by atoms with Crippen LogP contribution in [0.5, 0.6) is 0 Å². The van der Waals surface area contributed by atoms with Gasteiger partial charge in [0.25, 0.3) is 0 Å². The molecule has 1 aliphatic heterocycles. The molecule has 2 heterocycles. The molecule has 2 aromatic rings. The Labute approximate surface area is 152 Å². The zero-order valence-electron chi connectivity index (χ0n) is 16.2. The van der Waals surface area contributed by atoms with Crippen LogP contribution in [0.1, 0.15) is 49.4 Å². The van der Waals surface area contributed by atoms with Crippen molar-refractivity contribution in [1.29, 1.82) is 0 Å². The number of pyridine rings is 1.